The molecule has 0 radical (unpaired) electrons. The van der Waals surface area contributed by atoms with Gasteiger partial charge < -0.3 is 15.7 Å². The number of amides is 2. The molecule has 2 amide bonds. The lowest BCUT2D eigenvalue weighted by molar-refractivity contribution is 0.0698. The molecular formula is C14H10Br2N2O3. The van der Waals surface area contributed by atoms with E-state index in [1.807, 2.05) is 6.07 Å². The number of carboxylic acids is 1. The van der Waals surface area contributed by atoms with Gasteiger partial charge in [0.05, 0.1) is 16.9 Å². The first-order valence-corrected chi connectivity index (χ1v) is 7.42. The van der Waals surface area contributed by atoms with Crippen LogP contribution in [0.5, 0.6) is 0 Å². The number of rotatable bonds is 3. The average molecular weight is 414 g/mol. The molecule has 0 aliphatic rings. The number of nitrogens with one attached hydrogen (secondary N) is 2. The van der Waals surface area contributed by atoms with E-state index < -0.39 is 12.0 Å². The van der Waals surface area contributed by atoms with Crippen LogP contribution in [0.15, 0.2) is 51.4 Å². The molecule has 0 atom stereocenters. The van der Waals surface area contributed by atoms with E-state index in [9.17, 15) is 9.59 Å². The van der Waals surface area contributed by atoms with Crippen molar-refractivity contribution in [3.8, 4) is 0 Å². The number of carboxylic acid groups (broad SMARTS) is 1. The number of anilines is 2. The number of carbonyl (C=O) groups excluding carboxylic acids is 1. The minimum Gasteiger partial charge on any atom is -0.478 e. The topological polar surface area (TPSA) is 78.4 Å². The fraction of sp³-hybridized carbons (Fsp3) is 0. The molecule has 2 rings (SSSR count). The smallest absolute Gasteiger partial charge is 0.337 e. The molecule has 0 spiro atoms. The van der Waals surface area contributed by atoms with Crippen LogP contribution in [0.3, 0.4) is 0 Å². The van der Waals surface area contributed by atoms with Crippen LogP contribution in [0, 0.1) is 0 Å². The van der Waals surface area contributed by atoms with E-state index in [4.69, 9.17) is 5.11 Å². The summed E-state index contributed by atoms with van der Waals surface area (Å²) in [5.74, 6) is -1.10. The van der Waals surface area contributed by atoms with Crippen molar-refractivity contribution in [1.29, 1.82) is 0 Å². The Hall–Kier alpha value is -1.86. The second-order valence-electron chi connectivity index (χ2n) is 4.03. The molecular weight excluding hydrogens is 404 g/mol. The van der Waals surface area contributed by atoms with Crippen LogP contribution in [0.1, 0.15) is 10.4 Å². The first-order valence-electron chi connectivity index (χ1n) is 5.83. The summed E-state index contributed by atoms with van der Waals surface area (Å²) in [6.45, 7) is 0. The quantitative estimate of drug-likeness (QED) is 0.690. The molecule has 0 unspecified atom stereocenters. The molecule has 0 saturated carbocycles. The minimum atomic E-state index is -1.10. The van der Waals surface area contributed by atoms with Gasteiger partial charge in [-0.05, 0) is 56.1 Å². The van der Waals surface area contributed by atoms with Crippen molar-refractivity contribution in [2.45, 2.75) is 0 Å². The number of carbonyl (C=O) groups is 2. The number of para-hydroxylation sites is 2. The monoisotopic (exact) mass is 412 g/mol. The lowest BCUT2D eigenvalue weighted by Crippen LogP contribution is -2.21. The summed E-state index contributed by atoms with van der Waals surface area (Å²) < 4.78 is 1.41. The van der Waals surface area contributed by atoms with E-state index in [2.05, 4.69) is 42.5 Å². The molecule has 3 N–H and O–H groups in total. The predicted molar refractivity (Wildman–Crippen MR) is 87.9 cm³/mol. The van der Waals surface area contributed by atoms with Gasteiger partial charge in [-0.2, -0.15) is 0 Å². The Morgan fingerprint density at radius 3 is 2.14 bits per heavy atom. The Morgan fingerprint density at radius 1 is 0.905 bits per heavy atom. The van der Waals surface area contributed by atoms with E-state index in [1.165, 1.54) is 12.1 Å². The van der Waals surface area contributed by atoms with Gasteiger partial charge in [0, 0.05) is 8.95 Å². The van der Waals surface area contributed by atoms with Gasteiger partial charge in [0.1, 0.15) is 0 Å². The molecule has 5 nitrogen and oxygen atoms in total. The maximum atomic E-state index is 12.0. The van der Waals surface area contributed by atoms with Crippen molar-refractivity contribution in [2.75, 3.05) is 10.6 Å². The summed E-state index contributed by atoms with van der Waals surface area (Å²) in [7, 11) is 0. The zero-order valence-corrected chi connectivity index (χ0v) is 13.7. The Labute approximate surface area is 137 Å². The van der Waals surface area contributed by atoms with Crippen LogP contribution in [0.2, 0.25) is 0 Å². The lowest BCUT2D eigenvalue weighted by atomic mass is 10.2. The first-order chi connectivity index (χ1) is 9.99. The van der Waals surface area contributed by atoms with Crippen molar-refractivity contribution in [1.82, 2.24) is 0 Å². The highest BCUT2D eigenvalue weighted by Gasteiger charge is 2.13. The van der Waals surface area contributed by atoms with Crippen molar-refractivity contribution >= 4 is 55.2 Å². The fourth-order valence-corrected chi connectivity index (χ4v) is 2.86. The zero-order chi connectivity index (χ0) is 15.4. The lowest BCUT2D eigenvalue weighted by Gasteiger charge is -2.12. The highest BCUT2D eigenvalue weighted by Crippen LogP contribution is 2.30. The van der Waals surface area contributed by atoms with Crippen molar-refractivity contribution in [3.05, 3.63) is 57.0 Å². The molecule has 0 fully saturated rings. The van der Waals surface area contributed by atoms with Crippen molar-refractivity contribution in [3.63, 3.8) is 0 Å². The van der Waals surface area contributed by atoms with E-state index in [0.717, 1.165) is 0 Å². The van der Waals surface area contributed by atoms with E-state index in [1.54, 1.807) is 24.3 Å². The number of hydrogen-bond donors (Lipinski definition) is 3. The second-order valence-corrected chi connectivity index (χ2v) is 5.74. The predicted octanol–water partition coefficient (Wildman–Crippen LogP) is 4.55. The molecule has 7 heteroatoms. The van der Waals surface area contributed by atoms with Crippen LogP contribution in [-0.2, 0) is 0 Å². The van der Waals surface area contributed by atoms with E-state index in [0.29, 0.717) is 14.6 Å². The van der Waals surface area contributed by atoms with Crippen LogP contribution in [0.25, 0.3) is 0 Å². The summed E-state index contributed by atoms with van der Waals surface area (Å²) in [6, 6.07) is 11.0. The standard InChI is InChI=1S/C14H10Br2N2O3/c15-9-5-3-6-10(16)12(9)18-14(21)17-11-7-2-1-4-8(11)13(19)20/h1-7H,(H,19,20)(H2,17,18,21). The summed E-state index contributed by atoms with van der Waals surface area (Å²) in [5.41, 5.74) is 0.812. The molecule has 108 valence electrons. The third kappa shape index (κ3) is 3.83. The van der Waals surface area contributed by atoms with Crippen LogP contribution in [0.4, 0.5) is 16.2 Å². The average Bonchev–Trinajstić information content (AvgIpc) is 2.43. The molecule has 0 aromatic heterocycles. The van der Waals surface area contributed by atoms with E-state index >= 15 is 0 Å². The number of hydrogen-bond acceptors (Lipinski definition) is 2. The molecule has 0 aliphatic carbocycles. The number of urea groups is 1. The van der Waals surface area contributed by atoms with Gasteiger partial charge in [-0.1, -0.05) is 18.2 Å². The largest absolute Gasteiger partial charge is 0.478 e. The number of benzene rings is 2. The molecule has 0 bridgehead atoms. The van der Waals surface area contributed by atoms with Crippen molar-refractivity contribution < 1.29 is 14.7 Å². The van der Waals surface area contributed by atoms with Gasteiger partial charge in [-0.3, -0.25) is 0 Å². The Kier molecular flexibility index (Phi) is 4.98. The van der Waals surface area contributed by atoms with Crippen LogP contribution < -0.4 is 10.6 Å². The highest BCUT2D eigenvalue weighted by molar-refractivity contribution is 9.11. The SMILES string of the molecule is O=C(Nc1ccccc1C(=O)O)Nc1c(Br)cccc1Br. The maximum Gasteiger partial charge on any atom is 0.337 e. The molecule has 2 aromatic rings. The molecule has 2 aromatic carbocycles. The van der Waals surface area contributed by atoms with Gasteiger partial charge in [-0.25, -0.2) is 9.59 Å². The van der Waals surface area contributed by atoms with Gasteiger partial charge >= 0.3 is 12.0 Å². The fourth-order valence-electron chi connectivity index (χ4n) is 1.66. The second kappa shape index (κ2) is 6.73. The Morgan fingerprint density at radius 2 is 1.52 bits per heavy atom. The minimum absolute atomic E-state index is 0.0267. The normalized spacial score (nSPS) is 10.0. The third-order valence-corrected chi connectivity index (χ3v) is 3.93. The van der Waals surface area contributed by atoms with Gasteiger partial charge in [0.15, 0.2) is 0 Å². The molecule has 0 saturated heterocycles. The van der Waals surface area contributed by atoms with Crippen LogP contribution in [-0.4, -0.2) is 17.1 Å². The Bertz CT molecular complexity index is 684. The molecule has 0 heterocycles. The molecule has 0 aliphatic heterocycles. The van der Waals surface area contributed by atoms with Crippen molar-refractivity contribution in [2.24, 2.45) is 0 Å². The summed E-state index contributed by atoms with van der Waals surface area (Å²) in [5, 5.41) is 14.2. The van der Waals surface area contributed by atoms with Crippen LogP contribution >= 0.6 is 31.9 Å². The third-order valence-electron chi connectivity index (χ3n) is 2.61. The molecule has 21 heavy (non-hydrogen) atoms. The highest BCUT2D eigenvalue weighted by atomic mass is 79.9. The summed E-state index contributed by atoms with van der Waals surface area (Å²) >= 11 is 6.66. The van der Waals surface area contributed by atoms with E-state index in [-0.39, 0.29) is 11.3 Å². The Balaban J connectivity index is 2.18. The summed E-state index contributed by atoms with van der Waals surface area (Å²) in [4.78, 5) is 23.1. The van der Waals surface area contributed by atoms with Gasteiger partial charge in [0.2, 0.25) is 0 Å². The first kappa shape index (κ1) is 15.5. The number of halogens is 2. The number of aromatic carboxylic acids is 1. The van der Waals surface area contributed by atoms with Gasteiger partial charge in [0.25, 0.3) is 0 Å². The van der Waals surface area contributed by atoms with Gasteiger partial charge in [-0.15, -0.1) is 0 Å². The maximum absolute atomic E-state index is 12.0. The zero-order valence-electron chi connectivity index (χ0n) is 10.6. The summed E-state index contributed by atoms with van der Waals surface area (Å²) in [6.07, 6.45) is 0.